The van der Waals surface area contributed by atoms with Gasteiger partial charge < -0.3 is 4.90 Å². The van der Waals surface area contributed by atoms with Gasteiger partial charge in [-0.3, -0.25) is 0 Å². The Labute approximate surface area is 245 Å². The fourth-order valence-electron chi connectivity index (χ4n) is 3.80. The Morgan fingerprint density at radius 3 is 0.795 bits per heavy atom. The zero-order valence-corrected chi connectivity index (χ0v) is 23.0. The monoisotopic (exact) mass is 711 g/mol. The standard InChI is InChI=1S/C18BF15.C8H10BrN/c20-4-1(5(21)11(27)16(32)10(4)26)19(2-6(22)12(28)17(33)13(29)7(2)23)3-8(24)14(30)18(34)15(31)9(3)25;1-10(2)8-5-3-7(9)4-6-8/h;3-6H,1-2H3. The van der Waals surface area contributed by atoms with Crippen LogP contribution in [0.25, 0.3) is 0 Å². The minimum atomic E-state index is -3.96. The summed E-state index contributed by atoms with van der Waals surface area (Å²) in [6.45, 7) is -3.96. The minimum Gasteiger partial charge on any atom is -0.378 e. The van der Waals surface area contributed by atoms with Crippen molar-refractivity contribution in [3.05, 3.63) is 116 Å². The number of benzene rings is 4. The minimum absolute atomic E-state index is 1.12. The molecular formula is C26H10BBrF15N. The van der Waals surface area contributed by atoms with E-state index in [0.717, 1.165) is 4.47 Å². The van der Waals surface area contributed by atoms with E-state index in [1.165, 1.54) is 5.69 Å². The van der Waals surface area contributed by atoms with E-state index >= 15 is 0 Å². The summed E-state index contributed by atoms with van der Waals surface area (Å²) in [4.78, 5) is 2.08. The lowest BCUT2D eigenvalue weighted by atomic mass is 9.36. The number of hydrogen-bond acceptors (Lipinski definition) is 1. The number of nitrogens with zero attached hydrogens (tertiary/aromatic N) is 1. The Morgan fingerprint density at radius 1 is 0.386 bits per heavy atom. The molecule has 0 saturated heterocycles. The average Bonchev–Trinajstić information content (AvgIpc) is 2.99. The molecule has 4 aromatic rings. The van der Waals surface area contributed by atoms with Crippen LogP contribution in [0.5, 0.6) is 0 Å². The summed E-state index contributed by atoms with van der Waals surface area (Å²) < 4.78 is 210. The molecule has 0 N–H and O–H groups in total. The lowest BCUT2D eigenvalue weighted by Crippen LogP contribution is -2.60. The highest BCUT2D eigenvalue weighted by Crippen LogP contribution is 2.23. The Kier molecular flexibility index (Phi) is 10.3. The Morgan fingerprint density at radius 2 is 0.591 bits per heavy atom. The molecule has 0 heterocycles. The summed E-state index contributed by atoms with van der Waals surface area (Å²) in [5.41, 5.74) is -6.81. The van der Waals surface area contributed by atoms with E-state index in [2.05, 4.69) is 33.0 Å². The molecule has 0 amide bonds. The average molecular weight is 712 g/mol. The predicted octanol–water partition coefficient (Wildman–Crippen LogP) is 6.80. The third-order valence-corrected chi connectivity index (χ3v) is 6.47. The first-order valence-electron chi connectivity index (χ1n) is 11.3. The normalized spacial score (nSPS) is 11.0. The molecule has 1 nitrogen and oxygen atoms in total. The highest BCUT2D eigenvalue weighted by atomic mass is 79.9. The van der Waals surface area contributed by atoms with Gasteiger partial charge in [-0.05, 0) is 24.3 Å². The summed E-state index contributed by atoms with van der Waals surface area (Å²) in [5, 5.41) is 0. The van der Waals surface area contributed by atoms with Crippen molar-refractivity contribution >= 4 is 44.7 Å². The van der Waals surface area contributed by atoms with Gasteiger partial charge in [-0.15, -0.1) is 0 Å². The zero-order valence-electron chi connectivity index (χ0n) is 21.4. The highest BCUT2D eigenvalue weighted by Gasteiger charge is 2.45. The van der Waals surface area contributed by atoms with Crippen molar-refractivity contribution in [1.82, 2.24) is 0 Å². The topological polar surface area (TPSA) is 3.24 Å². The molecule has 0 spiro atoms. The van der Waals surface area contributed by atoms with Crippen LogP contribution in [0.3, 0.4) is 0 Å². The fraction of sp³-hybridized carbons (Fsp3) is 0.0769. The van der Waals surface area contributed by atoms with E-state index in [1.54, 1.807) is 0 Å². The van der Waals surface area contributed by atoms with Crippen molar-refractivity contribution in [2.45, 2.75) is 0 Å². The molecule has 0 radical (unpaired) electrons. The van der Waals surface area contributed by atoms with E-state index in [-0.39, 0.29) is 0 Å². The fourth-order valence-corrected chi connectivity index (χ4v) is 4.06. The number of halogens is 16. The smallest absolute Gasteiger partial charge is 0.265 e. The third-order valence-electron chi connectivity index (χ3n) is 5.94. The van der Waals surface area contributed by atoms with Gasteiger partial charge in [-0.2, -0.15) is 0 Å². The molecule has 0 atom stereocenters. The molecule has 44 heavy (non-hydrogen) atoms. The first kappa shape index (κ1) is 34.7. The number of anilines is 1. The van der Waals surface area contributed by atoms with Gasteiger partial charge in [0, 0.05) is 40.6 Å². The van der Waals surface area contributed by atoms with E-state index in [9.17, 15) is 65.9 Å². The summed E-state index contributed by atoms with van der Waals surface area (Å²) >= 11 is 3.38. The number of rotatable bonds is 4. The van der Waals surface area contributed by atoms with Gasteiger partial charge in [0.25, 0.3) is 6.71 Å². The predicted molar refractivity (Wildman–Crippen MR) is 132 cm³/mol. The van der Waals surface area contributed by atoms with E-state index in [1.807, 2.05) is 26.2 Å². The molecule has 0 aliphatic rings. The zero-order chi connectivity index (χ0) is 33.5. The van der Waals surface area contributed by atoms with Crippen molar-refractivity contribution in [1.29, 1.82) is 0 Å². The van der Waals surface area contributed by atoms with Crippen LogP contribution in [-0.2, 0) is 0 Å². The second kappa shape index (κ2) is 13.0. The third kappa shape index (κ3) is 5.95. The maximum atomic E-state index is 14.4. The lowest BCUT2D eigenvalue weighted by Gasteiger charge is -2.21. The molecular weight excluding hydrogens is 702 g/mol. The Balaban J connectivity index is 0.000000448. The molecule has 4 aromatic carbocycles. The van der Waals surface area contributed by atoms with Gasteiger partial charge in [-0.25, -0.2) is 65.9 Å². The lowest BCUT2D eigenvalue weighted by molar-refractivity contribution is 0.380. The van der Waals surface area contributed by atoms with Gasteiger partial charge in [0.05, 0.1) is 0 Å². The van der Waals surface area contributed by atoms with E-state index in [0.29, 0.717) is 0 Å². The van der Waals surface area contributed by atoms with Crippen LogP contribution in [0.1, 0.15) is 0 Å². The van der Waals surface area contributed by atoms with Crippen molar-refractivity contribution in [2.75, 3.05) is 19.0 Å². The second-order valence-corrected chi connectivity index (χ2v) is 9.67. The molecule has 234 valence electrons. The molecule has 18 heteroatoms. The Bertz CT molecular complexity index is 1510. The largest absolute Gasteiger partial charge is 0.378 e. The van der Waals surface area contributed by atoms with Crippen molar-refractivity contribution in [3.8, 4) is 0 Å². The van der Waals surface area contributed by atoms with Crippen LogP contribution in [0.15, 0.2) is 28.7 Å². The molecule has 0 aromatic heterocycles. The van der Waals surface area contributed by atoms with E-state index in [4.69, 9.17) is 0 Å². The summed E-state index contributed by atoms with van der Waals surface area (Å²) in [6.07, 6.45) is 0. The summed E-state index contributed by atoms with van der Waals surface area (Å²) in [6, 6.07) is 8.22. The van der Waals surface area contributed by atoms with Crippen LogP contribution in [0.2, 0.25) is 0 Å². The maximum absolute atomic E-state index is 14.4. The summed E-state index contributed by atoms with van der Waals surface area (Å²) in [7, 11) is 4.06. The molecule has 0 unspecified atom stereocenters. The highest BCUT2D eigenvalue weighted by molar-refractivity contribution is 9.10. The van der Waals surface area contributed by atoms with Crippen LogP contribution >= 0.6 is 15.9 Å². The molecule has 0 fully saturated rings. The van der Waals surface area contributed by atoms with Crippen molar-refractivity contribution < 1.29 is 65.9 Å². The maximum Gasteiger partial charge on any atom is 0.265 e. The first-order chi connectivity index (χ1) is 20.4. The molecule has 4 rings (SSSR count). The SMILES string of the molecule is CN(C)c1ccc(Br)cc1.Fc1c(F)c(F)c(B(c2c(F)c(F)c(F)c(F)c2F)c2c(F)c(F)c(F)c(F)c2F)c(F)c1F. The first-order valence-corrected chi connectivity index (χ1v) is 12.1. The van der Waals surface area contributed by atoms with Crippen LogP contribution in [-0.4, -0.2) is 20.8 Å². The Hall–Kier alpha value is -3.83. The van der Waals surface area contributed by atoms with Gasteiger partial charge in [-0.1, -0.05) is 15.9 Å². The molecule has 0 bridgehead atoms. The van der Waals surface area contributed by atoms with Crippen molar-refractivity contribution in [3.63, 3.8) is 0 Å². The van der Waals surface area contributed by atoms with Crippen LogP contribution < -0.4 is 21.3 Å². The summed E-state index contributed by atoms with van der Waals surface area (Å²) in [5.74, 6) is -45.2. The van der Waals surface area contributed by atoms with Gasteiger partial charge in [0.1, 0.15) is 0 Å². The quantitative estimate of drug-likeness (QED) is 0.0975. The second-order valence-electron chi connectivity index (χ2n) is 8.75. The van der Waals surface area contributed by atoms with Crippen LogP contribution in [0, 0.1) is 87.3 Å². The van der Waals surface area contributed by atoms with E-state index < -0.39 is 110 Å². The van der Waals surface area contributed by atoms with Crippen molar-refractivity contribution in [2.24, 2.45) is 0 Å². The van der Waals surface area contributed by atoms with Gasteiger partial charge >= 0.3 is 0 Å². The molecule has 0 aliphatic heterocycles. The van der Waals surface area contributed by atoms with Gasteiger partial charge in [0.2, 0.25) is 0 Å². The molecule has 0 saturated carbocycles. The van der Waals surface area contributed by atoms with Gasteiger partial charge in [0.15, 0.2) is 87.3 Å². The molecule has 0 aliphatic carbocycles. The van der Waals surface area contributed by atoms with Crippen LogP contribution in [0.4, 0.5) is 71.5 Å². The number of hydrogen-bond donors (Lipinski definition) is 0.